The predicted octanol–water partition coefficient (Wildman–Crippen LogP) is 1.92. The molecule has 1 unspecified atom stereocenters. The topological polar surface area (TPSA) is 73.9 Å². The number of carbonyl (C=O) groups is 2. The zero-order valence-electron chi connectivity index (χ0n) is 14.3. The van der Waals surface area contributed by atoms with Gasteiger partial charge >= 0.3 is 6.03 Å². The van der Waals surface area contributed by atoms with Gasteiger partial charge in [-0.3, -0.25) is 4.79 Å². The van der Waals surface area contributed by atoms with E-state index in [0.29, 0.717) is 43.4 Å². The van der Waals surface area contributed by atoms with Gasteiger partial charge in [-0.15, -0.1) is 0 Å². The predicted molar refractivity (Wildman–Crippen MR) is 97.3 cm³/mol. The van der Waals surface area contributed by atoms with Gasteiger partial charge in [0.1, 0.15) is 0 Å². The van der Waals surface area contributed by atoms with Crippen LogP contribution < -0.4 is 15.5 Å². The van der Waals surface area contributed by atoms with E-state index in [-0.39, 0.29) is 18.0 Å². The van der Waals surface area contributed by atoms with Gasteiger partial charge in [-0.2, -0.15) is 0 Å². The Morgan fingerprint density at radius 1 is 1.36 bits per heavy atom. The van der Waals surface area contributed by atoms with Gasteiger partial charge in [0.15, 0.2) is 0 Å². The summed E-state index contributed by atoms with van der Waals surface area (Å²) in [6, 6.07) is 5.06. The SMILES string of the molecule is CCN1CC(NC(=O)Nc2cc(N3CCOCC3)ccc2Cl)CC1=O. The Morgan fingerprint density at radius 3 is 2.80 bits per heavy atom. The van der Waals surface area contributed by atoms with E-state index in [0.717, 1.165) is 18.8 Å². The molecule has 1 atom stereocenters. The standard InChI is InChI=1S/C17H23ClN4O3/c1-2-21-11-12(9-16(21)23)19-17(24)20-15-10-13(3-4-14(15)18)22-5-7-25-8-6-22/h3-4,10,12H,2,5-9,11H2,1H3,(H2,19,20,24). The van der Waals surface area contributed by atoms with Gasteiger partial charge in [0.2, 0.25) is 5.91 Å². The summed E-state index contributed by atoms with van der Waals surface area (Å²) in [7, 11) is 0. The summed E-state index contributed by atoms with van der Waals surface area (Å²) in [5.41, 5.74) is 1.55. The van der Waals surface area contributed by atoms with E-state index in [9.17, 15) is 9.59 Å². The lowest BCUT2D eigenvalue weighted by molar-refractivity contribution is -0.127. The van der Waals surface area contributed by atoms with Gasteiger partial charge in [0.05, 0.1) is 30.0 Å². The third kappa shape index (κ3) is 4.35. The van der Waals surface area contributed by atoms with E-state index in [1.807, 2.05) is 19.1 Å². The van der Waals surface area contributed by atoms with Crippen molar-refractivity contribution in [3.63, 3.8) is 0 Å². The van der Waals surface area contributed by atoms with Crippen molar-refractivity contribution in [2.75, 3.05) is 49.6 Å². The molecule has 2 fully saturated rings. The molecule has 2 N–H and O–H groups in total. The second-order valence-corrected chi connectivity index (χ2v) is 6.60. The normalized spacial score (nSPS) is 20.7. The van der Waals surface area contributed by atoms with Gasteiger partial charge in [-0.05, 0) is 25.1 Å². The van der Waals surface area contributed by atoms with E-state index in [2.05, 4.69) is 15.5 Å². The highest BCUT2D eigenvalue weighted by Crippen LogP contribution is 2.28. The zero-order valence-corrected chi connectivity index (χ0v) is 15.0. The second-order valence-electron chi connectivity index (χ2n) is 6.20. The Balaban J connectivity index is 1.61. The van der Waals surface area contributed by atoms with Gasteiger partial charge < -0.3 is 25.2 Å². The van der Waals surface area contributed by atoms with Crippen molar-refractivity contribution in [2.45, 2.75) is 19.4 Å². The number of halogens is 1. The van der Waals surface area contributed by atoms with E-state index in [1.54, 1.807) is 11.0 Å². The van der Waals surface area contributed by atoms with Crippen LogP contribution in [-0.4, -0.2) is 62.3 Å². The van der Waals surface area contributed by atoms with Crippen LogP contribution in [0.5, 0.6) is 0 Å². The summed E-state index contributed by atoms with van der Waals surface area (Å²) in [6.45, 7) is 6.13. The molecular formula is C17H23ClN4O3. The van der Waals surface area contributed by atoms with Crippen LogP contribution in [0.15, 0.2) is 18.2 Å². The van der Waals surface area contributed by atoms with Crippen molar-refractivity contribution >= 4 is 34.9 Å². The summed E-state index contributed by atoms with van der Waals surface area (Å²) >= 11 is 6.22. The number of nitrogens with zero attached hydrogens (tertiary/aromatic N) is 2. The smallest absolute Gasteiger partial charge is 0.319 e. The Morgan fingerprint density at radius 2 is 2.12 bits per heavy atom. The Hall–Kier alpha value is -1.99. The summed E-state index contributed by atoms with van der Waals surface area (Å²) in [6.07, 6.45) is 0.336. The lowest BCUT2D eigenvalue weighted by atomic mass is 10.2. The quantitative estimate of drug-likeness (QED) is 0.853. The zero-order chi connectivity index (χ0) is 17.8. The number of benzene rings is 1. The molecule has 0 radical (unpaired) electrons. The number of likely N-dealkylation sites (tertiary alicyclic amines) is 1. The lowest BCUT2D eigenvalue weighted by Gasteiger charge is -2.29. The van der Waals surface area contributed by atoms with Gasteiger partial charge in [-0.1, -0.05) is 11.6 Å². The summed E-state index contributed by atoms with van der Waals surface area (Å²) < 4.78 is 5.36. The van der Waals surface area contributed by atoms with E-state index in [1.165, 1.54) is 0 Å². The summed E-state index contributed by atoms with van der Waals surface area (Å²) in [5, 5.41) is 6.11. The third-order valence-corrected chi connectivity index (χ3v) is 4.84. The van der Waals surface area contributed by atoms with Gasteiger partial charge in [0, 0.05) is 38.3 Å². The first-order valence-corrected chi connectivity index (χ1v) is 8.92. The van der Waals surface area contributed by atoms with Crippen LogP contribution in [0.1, 0.15) is 13.3 Å². The van der Waals surface area contributed by atoms with Crippen molar-refractivity contribution in [3.8, 4) is 0 Å². The molecule has 2 heterocycles. The lowest BCUT2D eigenvalue weighted by Crippen LogP contribution is -2.40. The van der Waals surface area contributed by atoms with Crippen LogP contribution >= 0.6 is 11.6 Å². The number of ether oxygens (including phenoxy) is 1. The minimum atomic E-state index is -0.350. The fraction of sp³-hybridized carbons (Fsp3) is 0.529. The van der Waals surface area contributed by atoms with Gasteiger partial charge in [0.25, 0.3) is 0 Å². The maximum absolute atomic E-state index is 12.3. The molecule has 8 heteroatoms. The van der Waals surface area contributed by atoms with Crippen LogP contribution in [0.4, 0.5) is 16.2 Å². The fourth-order valence-corrected chi connectivity index (χ4v) is 3.31. The Bertz CT molecular complexity index is 649. The fourth-order valence-electron chi connectivity index (χ4n) is 3.15. The molecule has 25 heavy (non-hydrogen) atoms. The molecule has 0 aliphatic carbocycles. The monoisotopic (exact) mass is 366 g/mol. The largest absolute Gasteiger partial charge is 0.378 e. The average molecular weight is 367 g/mol. The molecule has 3 amide bonds. The molecule has 136 valence electrons. The van der Waals surface area contributed by atoms with Crippen molar-refractivity contribution in [3.05, 3.63) is 23.2 Å². The molecule has 2 aliphatic heterocycles. The maximum atomic E-state index is 12.3. The van der Waals surface area contributed by atoms with Crippen molar-refractivity contribution < 1.29 is 14.3 Å². The maximum Gasteiger partial charge on any atom is 0.319 e. The average Bonchev–Trinajstić information content (AvgIpc) is 2.97. The number of amides is 3. The molecule has 2 saturated heterocycles. The molecule has 1 aromatic rings. The van der Waals surface area contributed by atoms with E-state index < -0.39 is 0 Å². The highest BCUT2D eigenvalue weighted by molar-refractivity contribution is 6.33. The number of carbonyl (C=O) groups excluding carboxylic acids is 2. The number of morpholine rings is 1. The summed E-state index contributed by atoms with van der Waals surface area (Å²) in [4.78, 5) is 27.9. The van der Waals surface area contributed by atoms with Crippen LogP contribution in [0.3, 0.4) is 0 Å². The van der Waals surface area contributed by atoms with Crippen molar-refractivity contribution in [1.82, 2.24) is 10.2 Å². The van der Waals surface area contributed by atoms with Crippen molar-refractivity contribution in [2.24, 2.45) is 0 Å². The van der Waals surface area contributed by atoms with Gasteiger partial charge in [-0.25, -0.2) is 4.79 Å². The number of hydrogen-bond donors (Lipinski definition) is 2. The molecule has 0 saturated carbocycles. The molecule has 7 nitrogen and oxygen atoms in total. The third-order valence-electron chi connectivity index (χ3n) is 4.51. The molecule has 2 aliphatic rings. The van der Waals surface area contributed by atoms with Crippen LogP contribution in [0.2, 0.25) is 5.02 Å². The number of likely N-dealkylation sites (N-methyl/N-ethyl adjacent to an activating group) is 1. The number of urea groups is 1. The van der Waals surface area contributed by atoms with Crippen LogP contribution in [0, 0.1) is 0 Å². The summed E-state index contributed by atoms with van der Waals surface area (Å²) in [5.74, 6) is 0.0696. The van der Waals surface area contributed by atoms with Crippen LogP contribution in [0.25, 0.3) is 0 Å². The molecular weight excluding hydrogens is 344 g/mol. The molecule has 1 aromatic carbocycles. The van der Waals surface area contributed by atoms with Crippen LogP contribution in [-0.2, 0) is 9.53 Å². The number of nitrogens with one attached hydrogen (secondary N) is 2. The molecule has 0 spiro atoms. The van der Waals surface area contributed by atoms with Crippen molar-refractivity contribution in [1.29, 1.82) is 0 Å². The minimum absolute atomic E-state index is 0.0696. The first kappa shape index (κ1) is 17.8. The number of anilines is 2. The Labute approximate surface area is 152 Å². The highest BCUT2D eigenvalue weighted by Gasteiger charge is 2.29. The van der Waals surface area contributed by atoms with E-state index >= 15 is 0 Å². The molecule has 0 aromatic heterocycles. The molecule has 3 rings (SSSR count). The second kappa shape index (κ2) is 7.93. The first-order valence-electron chi connectivity index (χ1n) is 8.54. The highest BCUT2D eigenvalue weighted by atomic mass is 35.5. The Kier molecular flexibility index (Phi) is 5.65. The minimum Gasteiger partial charge on any atom is -0.378 e. The van der Waals surface area contributed by atoms with E-state index in [4.69, 9.17) is 16.3 Å². The molecule has 0 bridgehead atoms. The number of hydrogen-bond acceptors (Lipinski definition) is 4. The number of rotatable bonds is 4. The first-order chi connectivity index (χ1) is 12.1.